The van der Waals surface area contributed by atoms with Crippen molar-refractivity contribution in [3.63, 3.8) is 0 Å². The molecular weight excluding hydrogens is 360 g/mol. The molecule has 0 amide bonds. The molecule has 0 N–H and O–H groups in total. The quantitative estimate of drug-likeness (QED) is 0.315. The highest BCUT2D eigenvalue weighted by Gasteiger charge is 2.46. The Hall–Kier alpha value is 0.0300. The fourth-order valence-electron chi connectivity index (χ4n) is 7.25. The molecule has 28 heavy (non-hydrogen) atoms. The minimum absolute atomic E-state index is 0.391. The van der Waals surface area contributed by atoms with Crippen LogP contribution in [0.2, 0.25) is 0 Å². The Balaban J connectivity index is 1.65. The summed E-state index contributed by atoms with van der Waals surface area (Å²) in [4.78, 5) is 0. The second kappa shape index (κ2) is 9.89. The Kier molecular flexibility index (Phi) is 8.02. The normalized spacial score (nSPS) is 40.5. The van der Waals surface area contributed by atoms with Gasteiger partial charge in [0.05, 0.1) is 0 Å². The van der Waals surface area contributed by atoms with Crippen LogP contribution in [0.1, 0.15) is 112 Å². The average molecular weight is 407 g/mol. The first kappa shape index (κ1) is 22.7. The van der Waals surface area contributed by atoms with Gasteiger partial charge < -0.3 is 0 Å². The Morgan fingerprint density at radius 2 is 1.86 bits per heavy atom. The minimum Gasteiger partial charge on any atom is -0.123 e. The summed E-state index contributed by atoms with van der Waals surface area (Å²) < 4.78 is 0. The molecular formula is C27H47Cl. The smallest absolute Gasteiger partial charge is 0.0373 e. The zero-order valence-electron chi connectivity index (χ0n) is 19.5. The first-order chi connectivity index (χ1) is 13.3. The molecule has 1 unspecified atom stereocenters. The first-order valence-electron chi connectivity index (χ1n) is 12.6. The molecule has 2 fully saturated rings. The van der Waals surface area contributed by atoms with E-state index in [2.05, 4.69) is 40.7 Å². The number of rotatable bonds is 5. The van der Waals surface area contributed by atoms with Crippen LogP contribution in [0.25, 0.3) is 0 Å². The van der Waals surface area contributed by atoms with Gasteiger partial charge in [0.15, 0.2) is 0 Å². The van der Waals surface area contributed by atoms with Gasteiger partial charge >= 0.3 is 0 Å². The lowest BCUT2D eigenvalue weighted by Crippen LogP contribution is -2.41. The highest BCUT2D eigenvalue weighted by molar-refractivity contribution is 6.20. The van der Waals surface area contributed by atoms with Gasteiger partial charge in [0.2, 0.25) is 0 Å². The van der Waals surface area contributed by atoms with Gasteiger partial charge in [-0.25, -0.2) is 0 Å². The van der Waals surface area contributed by atoms with Crippen molar-refractivity contribution in [3.05, 3.63) is 11.6 Å². The van der Waals surface area contributed by atoms with E-state index in [1.165, 1.54) is 70.6 Å². The molecule has 1 heteroatoms. The molecule has 3 rings (SSSR count). The predicted octanol–water partition coefficient (Wildman–Crippen LogP) is 9.03. The molecule has 0 aromatic rings. The third kappa shape index (κ3) is 5.19. The lowest BCUT2D eigenvalue weighted by molar-refractivity contribution is 0.0902. The summed E-state index contributed by atoms with van der Waals surface area (Å²) in [6.45, 7) is 12.5. The van der Waals surface area contributed by atoms with E-state index < -0.39 is 0 Å². The van der Waals surface area contributed by atoms with Crippen molar-refractivity contribution in [2.24, 2.45) is 40.9 Å². The monoisotopic (exact) mass is 406 g/mol. The zero-order chi connectivity index (χ0) is 20.3. The average Bonchev–Trinajstić information content (AvgIpc) is 2.71. The van der Waals surface area contributed by atoms with Gasteiger partial charge in [-0.2, -0.15) is 0 Å². The van der Waals surface area contributed by atoms with Crippen LogP contribution in [0.3, 0.4) is 0 Å². The zero-order valence-corrected chi connectivity index (χ0v) is 20.2. The molecule has 0 aromatic heterocycles. The van der Waals surface area contributed by atoms with Crippen molar-refractivity contribution < 1.29 is 0 Å². The predicted molar refractivity (Wildman–Crippen MR) is 125 cm³/mol. The molecule has 0 heterocycles. The maximum Gasteiger partial charge on any atom is 0.0373 e. The van der Waals surface area contributed by atoms with E-state index in [-0.39, 0.29) is 0 Å². The van der Waals surface area contributed by atoms with E-state index in [9.17, 15) is 0 Å². The van der Waals surface area contributed by atoms with Gasteiger partial charge in [-0.3, -0.25) is 0 Å². The molecule has 2 saturated carbocycles. The van der Waals surface area contributed by atoms with Gasteiger partial charge in [0, 0.05) is 5.38 Å². The number of hydrogen-bond donors (Lipinski definition) is 0. The summed E-state index contributed by atoms with van der Waals surface area (Å²) in [7, 11) is 0. The van der Waals surface area contributed by atoms with Crippen molar-refractivity contribution in [1.29, 1.82) is 0 Å². The van der Waals surface area contributed by atoms with Crippen molar-refractivity contribution in [3.8, 4) is 0 Å². The molecule has 0 radical (unpaired) electrons. The molecule has 3 aliphatic carbocycles. The maximum absolute atomic E-state index is 6.56. The van der Waals surface area contributed by atoms with Crippen LogP contribution in [-0.2, 0) is 0 Å². The van der Waals surface area contributed by atoms with Crippen LogP contribution in [0.5, 0.6) is 0 Å². The largest absolute Gasteiger partial charge is 0.123 e. The summed E-state index contributed by atoms with van der Waals surface area (Å²) in [5.41, 5.74) is 2.18. The third-order valence-electron chi connectivity index (χ3n) is 9.15. The molecule has 7 atom stereocenters. The summed E-state index contributed by atoms with van der Waals surface area (Å²) in [5.74, 6) is 5.46. The standard InChI is InChI=1S/C27H47Cl/c1-19(2)8-6-9-20(3)25-11-7-10-22-13-14-23-18-24(28)16-17-27(23,5)26(22)15-12-21(25)4/h14,19-22,24-26H,6-13,15-18H2,1-5H3/t20-,21+,22-,24+,25-,26?,27+/m1/s1. The van der Waals surface area contributed by atoms with Crippen LogP contribution in [0.15, 0.2) is 11.6 Å². The molecule has 162 valence electrons. The van der Waals surface area contributed by atoms with E-state index in [4.69, 9.17) is 11.6 Å². The van der Waals surface area contributed by atoms with E-state index in [0.717, 1.165) is 41.9 Å². The van der Waals surface area contributed by atoms with Gasteiger partial charge in [-0.05, 0) is 85.9 Å². The van der Waals surface area contributed by atoms with Gasteiger partial charge in [0.25, 0.3) is 0 Å². The minimum atomic E-state index is 0.391. The van der Waals surface area contributed by atoms with Crippen molar-refractivity contribution in [1.82, 2.24) is 0 Å². The lowest BCUT2D eigenvalue weighted by Gasteiger charge is -2.50. The van der Waals surface area contributed by atoms with Crippen LogP contribution >= 0.6 is 11.6 Å². The fraction of sp³-hybridized carbons (Fsp3) is 0.926. The Morgan fingerprint density at radius 1 is 1.07 bits per heavy atom. The summed E-state index contributed by atoms with van der Waals surface area (Å²) in [5, 5.41) is 0.391. The summed E-state index contributed by atoms with van der Waals surface area (Å²) in [6, 6.07) is 0. The molecule has 0 bridgehead atoms. The maximum atomic E-state index is 6.56. The molecule has 0 saturated heterocycles. The van der Waals surface area contributed by atoms with E-state index in [1.807, 2.05) is 0 Å². The van der Waals surface area contributed by atoms with Crippen LogP contribution < -0.4 is 0 Å². The number of allylic oxidation sites excluding steroid dienone is 2. The van der Waals surface area contributed by atoms with Crippen LogP contribution in [0, 0.1) is 40.9 Å². The van der Waals surface area contributed by atoms with E-state index in [0.29, 0.717) is 10.8 Å². The Labute approximate surface area is 181 Å². The molecule has 0 aliphatic heterocycles. The van der Waals surface area contributed by atoms with Gasteiger partial charge in [-0.15, -0.1) is 11.6 Å². The van der Waals surface area contributed by atoms with E-state index >= 15 is 0 Å². The molecule has 3 aliphatic rings. The lowest BCUT2D eigenvalue weighted by atomic mass is 9.55. The Morgan fingerprint density at radius 3 is 2.61 bits per heavy atom. The Bertz CT molecular complexity index is 520. The van der Waals surface area contributed by atoms with E-state index in [1.54, 1.807) is 5.57 Å². The van der Waals surface area contributed by atoms with Crippen molar-refractivity contribution in [2.45, 2.75) is 117 Å². The summed E-state index contributed by atoms with van der Waals surface area (Å²) >= 11 is 6.56. The topological polar surface area (TPSA) is 0 Å². The molecule has 0 nitrogen and oxygen atoms in total. The van der Waals surface area contributed by atoms with Crippen molar-refractivity contribution >= 4 is 11.6 Å². The summed E-state index contributed by atoms with van der Waals surface area (Å²) in [6.07, 6.45) is 19.3. The SMILES string of the molecule is CC(C)CCC[C@@H](C)[C@H]1CCC[C@@H]2CC=C3C[C@@H](Cl)CC[C@]3(C)C2CC[C@@H]1C. The highest BCUT2D eigenvalue weighted by Crippen LogP contribution is 2.56. The second-order valence-electron chi connectivity index (χ2n) is 11.5. The van der Waals surface area contributed by atoms with Gasteiger partial charge in [-0.1, -0.05) is 78.4 Å². The van der Waals surface area contributed by atoms with Gasteiger partial charge in [0.1, 0.15) is 0 Å². The highest BCUT2D eigenvalue weighted by atomic mass is 35.5. The van der Waals surface area contributed by atoms with Crippen LogP contribution in [0.4, 0.5) is 0 Å². The molecule has 0 aromatic carbocycles. The number of halogens is 1. The first-order valence-corrected chi connectivity index (χ1v) is 13.1. The van der Waals surface area contributed by atoms with Crippen molar-refractivity contribution in [2.75, 3.05) is 0 Å². The number of hydrogen-bond acceptors (Lipinski definition) is 0. The number of fused-ring (bicyclic) bond motifs is 3. The van der Waals surface area contributed by atoms with Crippen LogP contribution in [-0.4, -0.2) is 5.38 Å². The molecule has 0 spiro atoms. The number of alkyl halides is 1. The third-order valence-corrected chi connectivity index (χ3v) is 9.53. The second-order valence-corrected chi connectivity index (χ2v) is 12.2. The fourth-order valence-corrected chi connectivity index (χ4v) is 7.52.